The summed E-state index contributed by atoms with van der Waals surface area (Å²) in [7, 11) is 0. The molecule has 1 heterocycles. The van der Waals surface area contributed by atoms with Gasteiger partial charge in [0.1, 0.15) is 12.4 Å². The van der Waals surface area contributed by atoms with E-state index in [0.717, 1.165) is 19.4 Å². The molecule has 0 aliphatic carbocycles. The van der Waals surface area contributed by atoms with Gasteiger partial charge in [0.15, 0.2) is 0 Å². The zero-order chi connectivity index (χ0) is 13.4. The first-order chi connectivity index (χ1) is 8.75. The van der Waals surface area contributed by atoms with Crippen molar-refractivity contribution in [1.29, 1.82) is 0 Å². The van der Waals surface area contributed by atoms with E-state index < -0.39 is 5.97 Å². The van der Waals surface area contributed by atoms with Crippen molar-refractivity contribution < 1.29 is 19.4 Å². The number of aromatic carboxylic acids is 1. The molecule has 0 amide bonds. The lowest BCUT2D eigenvalue weighted by atomic mass is 10.2. The normalized spacial score (nSPS) is 17.8. The first kappa shape index (κ1) is 14.5. The Labute approximate surface area is 108 Å². The van der Waals surface area contributed by atoms with Crippen molar-refractivity contribution in [3.8, 4) is 5.75 Å². The Hall–Kier alpha value is -1.55. The van der Waals surface area contributed by atoms with Gasteiger partial charge in [-0.05, 0) is 37.1 Å². The number of carboxylic acids is 1. The van der Waals surface area contributed by atoms with Crippen LogP contribution >= 0.6 is 0 Å². The second-order valence-electron chi connectivity index (χ2n) is 3.78. The highest BCUT2D eigenvalue weighted by molar-refractivity contribution is 5.87. The molecule has 1 aromatic carbocycles. The monoisotopic (exact) mass is 252 g/mol. The Morgan fingerprint density at radius 3 is 2.56 bits per heavy atom. The Balaban J connectivity index is 0.000000771. The predicted octanol–water partition coefficient (Wildman–Crippen LogP) is 2.97. The molecular weight excluding hydrogens is 232 g/mol. The van der Waals surface area contributed by atoms with Crippen molar-refractivity contribution in [2.24, 2.45) is 0 Å². The summed E-state index contributed by atoms with van der Waals surface area (Å²) in [5, 5.41) is 8.72. The van der Waals surface area contributed by atoms with Crippen LogP contribution in [0.3, 0.4) is 0 Å². The Morgan fingerprint density at radius 2 is 2.06 bits per heavy atom. The van der Waals surface area contributed by atoms with Crippen LogP contribution in [-0.4, -0.2) is 30.4 Å². The average Bonchev–Trinajstić information content (AvgIpc) is 2.92. The fourth-order valence-electron chi connectivity index (χ4n) is 1.66. The van der Waals surface area contributed by atoms with E-state index >= 15 is 0 Å². The van der Waals surface area contributed by atoms with Gasteiger partial charge in [-0.25, -0.2) is 4.79 Å². The number of hydrogen-bond acceptors (Lipinski definition) is 3. The molecule has 1 N–H and O–H groups in total. The first-order valence-electron chi connectivity index (χ1n) is 6.33. The second kappa shape index (κ2) is 7.71. The Bertz CT molecular complexity index is 353. The molecule has 1 aromatic rings. The number of carbonyl (C=O) groups is 1. The molecule has 0 saturated carbocycles. The topological polar surface area (TPSA) is 55.8 Å². The summed E-state index contributed by atoms with van der Waals surface area (Å²) >= 11 is 0. The van der Waals surface area contributed by atoms with Gasteiger partial charge in [0, 0.05) is 6.61 Å². The van der Waals surface area contributed by atoms with Crippen molar-refractivity contribution in [3.05, 3.63) is 29.8 Å². The highest BCUT2D eigenvalue weighted by Gasteiger charge is 2.15. The summed E-state index contributed by atoms with van der Waals surface area (Å²) in [5.41, 5.74) is 0.268. The molecule has 2 rings (SSSR count). The molecule has 0 radical (unpaired) electrons. The molecule has 1 aliphatic heterocycles. The molecule has 0 bridgehead atoms. The Kier molecular flexibility index (Phi) is 6.22. The number of ether oxygens (including phenoxy) is 2. The van der Waals surface area contributed by atoms with Crippen molar-refractivity contribution in [2.45, 2.75) is 32.8 Å². The van der Waals surface area contributed by atoms with Gasteiger partial charge < -0.3 is 14.6 Å². The van der Waals surface area contributed by atoms with Gasteiger partial charge in [0.25, 0.3) is 0 Å². The fourth-order valence-corrected chi connectivity index (χ4v) is 1.66. The highest BCUT2D eigenvalue weighted by atomic mass is 16.5. The molecule has 0 spiro atoms. The summed E-state index contributed by atoms with van der Waals surface area (Å²) in [4.78, 5) is 10.6. The lowest BCUT2D eigenvalue weighted by molar-refractivity contribution is 0.0675. The van der Waals surface area contributed by atoms with Crippen LogP contribution in [0, 0.1) is 0 Å². The van der Waals surface area contributed by atoms with Crippen molar-refractivity contribution in [1.82, 2.24) is 0 Å². The van der Waals surface area contributed by atoms with Crippen molar-refractivity contribution in [2.75, 3.05) is 13.2 Å². The van der Waals surface area contributed by atoms with E-state index in [2.05, 4.69) is 0 Å². The van der Waals surface area contributed by atoms with Crippen molar-refractivity contribution >= 4 is 5.97 Å². The van der Waals surface area contributed by atoms with Gasteiger partial charge in [0.05, 0.1) is 11.7 Å². The van der Waals surface area contributed by atoms with Gasteiger partial charge in [-0.1, -0.05) is 13.8 Å². The van der Waals surface area contributed by atoms with Gasteiger partial charge in [-0.2, -0.15) is 0 Å². The zero-order valence-electron chi connectivity index (χ0n) is 10.9. The van der Waals surface area contributed by atoms with Crippen molar-refractivity contribution in [3.63, 3.8) is 0 Å². The van der Waals surface area contributed by atoms with Crippen LogP contribution in [0.5, 0.6) is 5.75 Å². The molecule has 0 aromatic heterocycles. The summed E-state index contributed by atoms with van der Waals surface area (Å²) in [6.07, 6.45) is 2.30. The third-order valence-corrected chi connectivity index (χ3v) is 2.56. The smallest absolute Gasteiger partial charge is 0.335 e. The van der Waals surface area contributed by atoms with Gasteiger partial charge >= 0.3 is 5.97 Å². The number of hydrogen-bond donors (Lipinski definition) is 1. The van der Waals surface area contributed by atoms with Crippen LogP contribution in [0.1, 0.15) is 37.0 Å². The minimum Gasteiger partial charge on any atom is -0.491 e. The van der Waals surface area contributed by atoms with Gasteiger partial charge in [-0.3, -0.25) is 0 Å². The highest BCUT2D eigenvalue weighted by Crippen LogP contribution is 2.16. The van der Waals surface area contributed by atoms with Crippen LogP contribution in [0.4, 0.5) is 0 Å². The van der Waals surface area contributed by atoms with Gasteiger partial charge in [-0.15, -0.1) is 0 Å². The molecule has 1 fully saturated rings. The lowest BCUT2D eigenvalue weighted by Crippen LogP contribution is -2.16. The van der Waals surface area contributed by atoms with E-state index in [0.29, 0.717) is 12.4 Å². The second-order valence-corrected chi connectivity index (χ2v) is 3.78. The van der Waals surface area contributed by atoms with Crippen LogP contribution in [-0.2, 0) is 4.74 Å². The third kappa shape index (κ3) is 4.37. The molecule has 1 unspecified atom stereocenters. The van der Waals surface area contributed by atoms with Crippen LogP contribution < -0.4 is 4.74 Å². The summed E-state index contributed by atoms with van der Waals surface area (Å²) < 4.78 is 10.9. The van der Waals surface area contributed by atoms with E-state index in [1.807, 2.05) is 13.8 Å². The van der Waals surface area contributed by atoms with Gasteiger partial charge in [0.2, 0.25) is 0 Å². The van der Waals surface area contributed by atoms with E-state index in [1.54, 1.807) is 12.1 Å². The lowest BCUT2D eigenvalue weighted by Gasteiger charge is -2.11. The summed E-state index contributed by atoms with van der Waals surface area (Å²) in [5.74, 6) is -0.244. The quantitative estimate of drug-likeness (QED) is 0.895. The molecule has 18 heavy (non-hydrogen) atoms. The zero-order valence-corrected chi connectivity index (χ0v) is 10.9. The number of carboxylic acid groups (broad SMARTS) is 1. The standard InChI is InChI=1S/C12H14O4.C2H6/c13-12(14)9-3-5-10(6-4-9)16-8-11-2-1-7-15-11;1-2/h3-6,11H,1-2,7-8H2,(H,13,14);1-2H3. The minimum absolute atomic E-state index is 0.180. The van der Waals surface area contributed by atoms with E-state index in [-0.39, 0.29) is 11.7 Å². The number of benzene rings is 1. The van der Waals surface area contributed by atoms with Crippen LogP contribution in [0.15, 0.2) is 24.3 Å². The van der Waals surface area contributed by atoms with E-state index in [9.17, 15) is 4.79 Å². The maximum atomic E-state index is 10.6. The number of rotatable bonds is 4. The van der Waals surface area contributed by atoms with Crippen LogP contribution in [0.2, 0.25) is 0 Å². The van der Waals surface area contributed by atoms with Crippen LogP contribution in [0.25, 0.3) is 0 Å². The van der Waals surface area contributed by atoms with E-state index in [1.165, 1.54) is 12.1 Å². The predicted molar refractivity (Wildman–Crippen MR) is 69.2 cm³/mol. The first-order valence-corrected chi connectivity index (χ1v) is 6.33. The maximum Gasteiger partial charge on any atom is 0.335 e. The largest absolute Gasteiger partial charge is 0.491 e. The average molecular weight is 252 g/mol. The molecule has 1 saturated heterocycles. The summed E-state index contributed by atoms with van der Waals surface area (Å²) in [6.45, 7) is 5.35. The third-order valence-electron chi connectivity index (χ3n) is 2.56. The van der Waals surface area contributed by atoms with E-state index in [4.69, 9.17) is 14.6 Å². The molecular formula is C14H20O4. The fraction of sp³-hybridized carbons (Fsp3) is 0.500. The molecule has 100 valence electrons. The maximum absolute atomic E-state index is 10.6. The molecule has 1 atom stereocenters. The summed E-state index contributed by atoms with van der Waals surface area (Å²) in [6, 6.07) is 6.40. The molecule has 1 aliphatic rings. The Morgan fingerprint density at radius 1 is 1.39 bits per heavy atom. The minimum atomic E-state index is -0.925. The molecule has 4 heteroatoms. The molecule has 4 nitrogen and oxygen atoms in total. The SMILES string of the molecule is CC.O=C(O)c1ccc(OCC2CCCO2)cc1.